The number of hydrogen-bond donors (Lipinski definition) is 0. The van der Waals surface area contributed by atoms with Crippen LogP contribution in [0, 0.1) is 0 Å². The summed E-state index contributed by atoms with van der Waals surface area (Å²) in [6.45, 7) is 0. The SMILES string of the molecule is c1ccc(-c2ccccc2N(c2ccccc2-c2ccccc2)c2ccccc2-c2cccc(-c3cccc4c3c3ccccc3n4-c3ccccc3)c2)cc1. The predicted molar refractivity (Wildman–Crippen MR) is 237 cm³/mol. The Morgan fingerprint density at radius 3 is 1.27 bits per heavy atom. The van der Waals surface area contributed by atoms with Gasteiger partial charge in [0, 0.05) is 33.2 Å². The van der Waals surface area contributed by atoms with E-state index in [9.17, 15) is 0 Å². The fourth-order valence-corrected chi connectivity index (χ4v) is 8.33. The van der Waals surface area contributed by atoms with E-state index in [1.54, 1.807) is 0 Å². The molecule has 0 aliphatic carbocycles. The summed E-state index contributed by atoms with van der Waals surface area (Å²) in [6.07, 6.45) is 0. The summed E-state index contributed by atoms with van der Waals surface area (Å²) in [7, 11) is 0. The molecule has 10 rings (SSSR count). The van der Waals surface area contributed by atoms with Gasteiger partial charge in [0.2, 0.25) is 0 Å². The van der Waals surface area contributed by atoms with Gasteiger partial charge >= 0.3 is 0 Å². The van der Waals surface area contributed by atoms with Gasteiger partial charge in [0.05, 0.1) is 28.1 Å². The smallest absolute Gasteiger partial charge is 0.0547 e. The van der Waals surface area contributed by atoms with Crippen LogP contribution in [0.25, 0.3) is 72.0 Å². The van der Waals surface area contributed by atoms with Gasteiger partial charge in [-0.1, -0.05) is 182 Å². The Morgan fingerprint density at radius 1 is 0.286 bits per heavy atom. The van der Waals surface area contributed by atoms with Gasteiger partial charge < -0.3 is 9.47 Å². The second kappa shape index (κ2) is 14.4. The number of aromatic nitrogens is 1. The van der Waals surface area contributed by atoms with Crippen molar-refractivity contribution in [2.75, 3.05) is 4.90 Å². The molecule has 0 spiro atoms. The van der Waals surface area contributed by atoms with Gasteiger partial charge in [-0.2, -0.15) is 0 Å². The quantitative estimate of drug-likeness (QED) is 0.152. The maximum atomic E-state index is 2.46. The molecule has 0 bridgehead atoms. The lowest BCUT2D eigenvalue weighted by atomic mass is 9.94. The summed E-state index contributed by atoms with van der Waals surface area (Å²) >= 11 is 0. The van der Waals surface area contributed by atoms with Crippen LogP contribution in [0.3, 0.4) is 0 Å². The van der Waals surface area contributed by atoms with E-state index in [1.807, 2.05) is 0 Å². The first-order valence-corrected chi connectivity index (χ1v) is 19.2. The van der Waals surface area contributed by atoms with Gasteiger partial charge in [-0.25, -0.2) is 0 Å². The predicted octanol–water partition coefficient (Wildman–Crippen LogP) is 14.9. The lowest BCUT2D eigenvalue weighted by molar-refractivity contribution is 1.18. The molecule has 10 aromatic rings. The maximum Gasteiger partial charge on any atom is 0.0547 e. The van der Waals surface area contributed by atoms with E-state index in [0.717, 1.165) is 33.9 Å². The Balaban J connectivity index is 1.19. The molecular formula is C54H38N2. The monoisotopic (exact) mass is 714 g/mol. The average molecular weight is 715 g/mol. The molecule has 1 aromatic heterocycles. The molecule has 0 saturated carbocycles. The van der Waals surface area contributed by atoms with E-state index in [1.165, 1.54) is 55.2 Å². The minimum Gasteiger partial charge on any atom is -0.309 e. The molecule has 2 nitrogen and oxygen atoms in total. The zero-order valence-electron chi connectivity index (χ0n) is 30.8. The van der Waals surface area contributed by atoms with E-state index < -0.39 is 0 Å². The minimum atomic E-state index is 1.11. The van der Waals surface area contributed by atoms with Crippen LogP contribution < -0.4 is 4.90 Å². The highest BCUT2D eigenvalue weighted by Gasteiger charge is 2.23. The highest BCUT2D eigenvalue weighted by molar-refractivity contribution is 6.16. The summed E-state index contributed by atoms with van der Waals surface area (Å²) < 4.78 is 2.39. The molecule has 0 unspecified atom stereocenters. The summed E-state index contributed by atoms with van der Waals surface area (Å²) in [5.41, 5.74) is 16.3. The molecule has 0 radical (unpaired) electrons. The van der Waals surface area contributed by atoms with Crippen molar-refractivity contribution in [2.24, 2.45) is 0 Å². The van der Waals surface area contributed by atoms with Gasteiger partial charge in [0.15, 0.2) is 0 Å². The Bertz CT molecular complexity index is 2880. The zero-order valence-corrected chi connectivity index (χ0v) is 30.8. The molecule has 0 atom stereocenters. The fourth-order valence-electron chi connectivity index (χ4n) is 8.33. The number of nitrogens with zero attached hydrogens (tertiary/aromatic N) is 2. The van der Waals surface area contributed by atoms with Gasteiger partial charge in [0.25, 0.3) is 0 Å². The summed E-state index contributed by atoms with van der Waals surface area (Å²) in [4.78, 5) is 2.46. The molecule has 1 heterocycles. The maximum absolute atomic E-state index is 2.46. The molecular weight excluding hydrogens is 677 g/mol. The number of fused-ring (bicyclic) bond motifs is 3. The molecule has 0 aliphatic rings. The van der Waals surface area contributed by atoms with Gasteiger partial charge in [-0.05, 0) is 76.3 Å². The van der Waals surface area contributed by atoms with Crippen molar-refractivity contribution in [1.82, 2.24) is 4.57 Å². The summed E-state index contributed by atoms with van der Waals surface area (Å²) in [5.74, 6) is 0. The Hall–Kier alpha value is -7.42. The van der Waals surface area contributed by atoms with Crippen molar-refractivity contribution in [3.63, 3.8) is 0 Å². The first-order chi connectivity index (χ1) is 27.8. The van der Waals surface area contributed by atoms with Crippen LogP contribution in [0.1, 0.15) is 0 Å². The van der Waals surface area contributed by atoms with Crippen molar-refractivity contribution in [2.45, 2.75) is 0 Å². The van der Waals surface area contributed by atoms with Crippen LogP contribution in [-0.4, -0.2) is 4.57 Å². The summed E-state index contributed by atoms with van der Waals surface area (Å²) in [5, 5.41) is 2.50. The topological polar surface area (TPSA) is 8.17 Å². The van der Waals surface area contributed by atoms with Gasteiger partial charge in [-0.15, -0.1) is 0 Å². The lowest BCUT2D eigenvalue weighted by Gasteiger charge is -2.31. The third-order valence-electron chi connectivity index (χ3n) is 10.8. The molecule has 264 valence electrons. The van der Waals surface area contributed by atoms with Crippen molar-refractivity contribution in [3.8, 4) is 50.2 Å². The highest BCUT2D eigenvalue weighted by atomic mass is 15.1. The van der Waals surface area contributed by atoms with Crippen molar-refractivity contribution in [3.05, 3.63) is 231 Å². The van der Waals surface area contributed by atoms with E-state index >= 15 is 0 Å². The van der Waals surface area contributed by atoms with Gasteiger partial charge in [0.1, 0.15) is 0 Å². The molecule has 0 fully saturated rings. The molecule has 0 amide bonds. The zero-order chi connectivity index (χ0) is 37.3. The lowest BCUT2D eigenvalue weighted by Crippen LogP contribution is -2.13. The third kappa shape index (κ3) is 5.85. The van der Waals surface area contributed by atoms with Crippen LogP contribution >= 0.6 is 0 Å². The molecule has 0 saturated heterocycles. The van der Waals surface area contributed by atoms with E-state index in [-0.39, 0.29) is 0 Å². The minimum absolute atomic E-state index is 1.11. The normalized spacial score (nSPS) is 11.2. The van der Waals surface area contributed by atoms with E-state index in [2.05, 4.69) is 240 Å². The number of anilines is 3. The number of hydrogen-bond acceptors (Lipinski definition) is 1. The Kier molecular flexibility index (Phi) is 8.55. The number of rotatable bonds is 8. The fraction of sp³-hybridized carbons (Fsp3) is 0. The summed E-state index contributed by atoms with van der Waals surface area (Å²) in [6, 6.07) is 83.0. The molecule has 9 aromatic carbocycles. The van der Waals surface area contributed by atoms with Crippen LogP contribution in [0.5, 0.6) is 0 Å². The highest BCUT2D eigenvalue weighted by Crippen LogP contribution is 2.48. The first-order valence-electron chi connectivity index (χ1n) is 19.2. The van der Waals surface area contributed by atoms with Gasteiger partial charge in [-0.3, -0.25) is 0 Å². The second-order valence-electron chi connectivity index (χ2n) is 14.1. The first kappa shape index (κ1) is 33.2. The number of benzene rings is 9. The van der Waals surface area contributed by atoms with Crippen LogP contribution in [0.4, 0.5) is 17.1 Å². The number of para-hydroxylation sites is 5. The molecule has 0 N–H and O–H groups in total. The van der Waals surface area contributed by atoms with Crippen molar-refractivity contribution < 1.29 is 0 Å². The second-order valence-corrected chi connectivity index (χ2v) is 14.1. The average Bonchev–Trinajstić information content (AvgIpc) is 3.63. The largest absolute Gasteiger partial charge is 0.309 e. The van der Waals surface area contributed by atoms with Crippen molar-refractivity contribution in [1.29, 1.82) is 0 Å². The van der Waals surface area contributed by atoms with E-state index in [4.69, 9.17) is 0 Å². The Morgan fingerprint density at radius 2 is 0.679 bits per heavy atom. The molecule has 0 aliphatic heterocycles. The molecule has 2 heteroatoms. The molecule has 56 heavy (non-hydrogen) atoms. The van der Waals surface area contributed by atoms with Crippen LogP contribution in [0.2, 0.25) is 0 Å². The Labute approximate surface area is 327 Å². The third-order valence-corrected chi connectivity index (χ3v) is 10.8. The van der Waals surface area contributed by atoms with Crippen LogP contribution in [0.15, 0.2) is 231 Å². The standard InChI is InChI=1S/C54H38N2/c1-4-20-39(21-5-1)44-28-10-14-33-49(44)56(50-34-15-11-29-45(50)40-22-6-2-7-23-40)51-35-16-12-30-46(51)41-24-18-25-42(38-41)47-32-19-37-53-54(47)48-31-13-17-36-52(48)55(53)43-26-8-3-9-27-43/h1-38H. The van der Waals surface area contributed by atoms with Crippen molar-refractivity contribution >= 4 is 38.9 Å². The van der Waals surface area contributed by atoms with E-state index in [0.29, 0.717) is 0 Å². The van der Waals surface area contributed by atoms with Crippen LogP contribution in [-0.2, 0) is 0 Å².